The topological polar surface area (TPSA) is 133 Å². The highest BCUT2D eigenvalue weighted by Gasteiger charge is 2.78. The largest absolute Gasteiger partial charge is 0.497 e. The predicted octanol–water partition coefficient (Wildman–Crippen LogP) is 2.30. The number of carboxylic acids is 1. The van der Waals surface area contributed by atoms with Crippen LogP contribution in [0.3, 0.4) is 0 Å². The van der Waals surface area contributed by atoms with E-state index in [0.29, 0.717) is 16.9 Å². The van der Waals surface area contributed by atoms with Gasteiger partial charge < -0.3 is 24.8 Å². The zero-order chi connectivity index (χ0) is 23.4. The summed E-state index contributed by atoms with van der Waals surface area (Å²) in [4.78, 5) is 16.7. The van der Waals surface area contributed by atoms with Gasteiger partial charge in [0, 0.05) is 18.2 Å². The molecule has 5 unspecified atom stereocenters. The Morgan fingerprint density at radius 1 is 1.18 bits per heavy atom. The van der Waals surface area contributed by atoms with Gasteiger partial charge in [0.05, 0.1) is 18.6 Å². The molecule has 2 heterocycles. The van der Waals surface area contributed by atoms with Crippen molar-refractivity contribution in [1.29, 1.82) is 5.26 Å². The number of ether oxygens (including phenoxy) is 2. The number of methoxy groups -OCH3 is 1. The molecule has 3 N–H and O–H groups in total. The maximum absolute atomic E-state index is 12.4. The van der Waals surface area contributed by atoms with E-state index >= 15 is 0 Å². The second-order valence-corrected chi connectivity index (χ2v) is 8.21. The van der Waals surface area contributed by atoms with E-state index in [9.17, 15) is 25.4 Å². The number of aliphatic hydroxyl groups is 2. The fourth-order valence-corrected chi connectivity index (χ4v) is 5.33. The Hall–Kier alpha value is -3.93. The van der Waals surface area contributed by atoms with E-state index in [4.69, 9.17) is 9.47 Å². The Kier molecular flexibility index (Phi) is 4.64. The SMILES string of the molecule is COc1ccc(C23Oc4cc(C#N)cnc4C2(O)C(O)C(C(=O)O)C3c2ccccc2)cc1. The van der Waals surface area contributed by atoms with Crippen LogP contribution in [0.1, 0.15) is 28.3 Å². The Morgan fingerprint density at radius 3 is 2.48 bits per heavy atom. The molecule has 1 aliphatic heterocycles. The lowest BCUT2D eigenvalue weighted by Crippen LogP contribution is -2.52. The van der Waals surface area contributed by atoms with Crippen molar-refractivity contribution in [3.63, 3.8) is 0 Å². The molecule has 5 atom stereocenters. The van der Waals surface area contributed by atoms with E-state index in [1.807, 2.05) is 6.07 Å². The molecule has 0 spiro atoms. The van der Waals surface area contributed by atoms with Crippen molar-refractivity contribution in [3.8, 4) is 17.6 Å². The van der Waals surface area contributed by atoms with E-state index in [1.54, 1.807) is 54.6 Å². The molecule has 0 bridgehead atoms. The van der Waals surface area contributed by atoms with Crippen LogP contribution in [0.2, 0.25) is 0 Å². The van der Waals surface area contributed by atoms with Gasteiger partial charge in [-0.05, 0) is 23.3 Å². The van der Waals surface area contributed by atoms with Crippen LogP contribution in [0, 0.1) is 17.2 Å². The molecule has 166 valence electrons. The molecule has 33 heavy (non-hydrogen) atoms. The summed E-state index contributed by atoms with van der Waals surface area (Å²) >= 11 is 0. The fourth-order valence-electron chi connectivity index (χ4n) is 5.33. The number of fused-ring (bicyclic) bond motifs is 3. The van der Waals surface area contributed by atoms with E-state index in [1.165, 1.54) is 19.4 Å². The number of aliphatic hydroxyl groups excluding tert-OH is 1. The number of carboxylic acid groups (broad SMARTS) is 1. The van der Waals surface area contributed by atoms with Gasteiger partial charge in [0.1, 0.15) is 29.4 Å². The van der Waals surface area contributed by atoms with E-state index in [-0.39, 0.29) is 17.0 Å². The average molecular weight is 444 g/mol. The third-order valence-electron chi connectivity index (χ3n) is 6.71. The number of hydrogen-bond donors (Lipinski definition) is 3. The second-order valence-electron chi connectivity index (χ2n) is 8.21. The van der Waals surface area contributed by atoms with E-state index in [2.05, 4.69) is 4.98 Å². The average Bonchev–Trinajstić information content (AvgIpc) is 3.22. The first-order valence-corrected chi connectivity index (χ1v) is 10.3. The van der Waals surface area contributed by atoms with Gasteiger partial charge in [0.2, 0.25) is 0 Å². The van der Waals surface area contributed by atoms with Crippen LogP contribution >= 0.6 is 0 Å². The van der Waals surface area contributed by atoms with Gasteiger partial charge >= 0.3 is 5.97 Å². The minimum Gasteiger partial charge on any atom is -0.497 e. The lowest BCUT2D eigenvalue weighted by Gasteiger charge is -2.40. The minimum absolute atomic E-state index is 0.00509. The molecule has 8 heteroatoms. The molecule has 3 aromatic rings. The zero-order valence-electron chi connectivity index (χ0n) is 17.5. The molecule has 0 saturated heterocycles. The summed E-state index contributed by atoms with van der Waals surface area (Å²) in [5, 5.41) is 43.0. The Morgan fingerprint density at radius 2 is 1.88 bits per heavy atom. The first-order valence-electron chi connectivity index (χ1n) is 10.3. The van der Waals surface area contributed by atoms with Gasteiger partial charge in [-0.15, -0.1) is 0 Å². The maximum atomic E-state index is 12.4. The lowest BCUT2D eigenvalue weighted by atomic mass is 9.71. The Labute approximate surface area is 189 Å². The van der Waals surface area contributed by atoms with E-state index in [0.717, 1.165) is 0 Å². The van der Waals surface area contributed by atoms with Gasteiger partial charge in [-0.2, -0.15) is 5.26 Å². The monoisotopic (exact) mass is 444 g/mol. The van der Waals surface area contributed by atoms with Crippen molar-refractivity contribution < 1.29 is 29.6 Å². The number of aliphatic carboxylic acids is 1. The summed E-state index contributed by atoms with van der Waals surface area (Å²) in [6, 6.07) is 18.9. The van der Waals surface area contributed by atoms with Crippen LogP contribution in [-0.2, 0) is 16.0 Å². The molecule has 1 aliphatic carbocycles. The molecule has 0 amide bonds. The highest BCUT2D eigenvalue weighted by Crippen LogP contribution is 2.68. The molecule has 2 aromatic carbocycles. The van der Waals surface area contributed by atoms with Crippen LogP contribution in [0.15, 0.2) is 66.9 Å². The van der Waals surface area contributed by atoms with Crippen molar-refractivity contribution >= 4 is 5.97 Å². The number of benzene rings is 2. The first kappa shape index (κ1) is 20.9. The molecule has 1 aromatic heterocycles. The number of nitriles is 1. The summed E-state index contributed by atoms with van der Waals surface area (Å²) in [6.07, 6.45) is -0.480. The molecule has 5 rings (SSSR count). The molecule has 2 aliphatic rings. The van der Waals surface area contributed by atoms with Gasteiger partial charge in [0.15, 0.2) is 11.2 Å². The second kappa shape index (κ2) is 7.30. The molecule has 8 nitrogen and oxygen atoms in total. The highest BCUT2D eigenvalue weighted by atomic mass is 16.5. The first-order chi connectivity index (χ1) is 15.9. The van der Waals surface area contributed by atoms with Crippen molar-refractivity contribution in [2.24, 2.45) is 5.92 Å². The third kappa shape index (κ3) is 2.64. The highest BCUT2D eigenvalue weighted by molar-refractivity contribution is 5.76. The standard InChI is InChI=1S/C25H20N2O6/c1-32-17-9-7-16(8-10-17)25-20(15-5-3-2-4-6-15)19(23(29)30)22(28)24(25,31)21-18(33-25)11-14(12-26)13-27-21/h2-11,13,19-20,22,28,31H,1H3,(H,29,30). The summed E-state index contributed by atoms with van der Waals surface area (Å²) in [6.45, 7) is 0. The van der Waals surface area contributed by atoms with Crippen LogP contribution in [0.4, 0.5) is 0 Å². The van der Waals surface area contributed by atoms with Gasteiger partial charge in [-0.1, -0.05) is 42.5 Å². The molecule has 0 radical (unpaired) electrons. The van der Waals surface area contributed by atoms with Gasteiger partial charge in [-0.25, -0.2) is 0 Å². The molecule has 1 fully saturated rings. The molecule has 1 saturated carbocycles. The lowest BCUT2D eigenvalue weighted by molar-refractivity contribution is -0.160. The van der Waals surface area contributed by atoms with Gasteiger partial charge in [-0.3, -0.25) is 9.78 Å². The van der Waals surface area contributed by atoms with Crippen molar-refractivity contribution in [3.05, 3.63) is 89.2 Å². The van der Waals surface area contributed by atoms with Crippen molar-refractivity contribution in [1.82, 2.24) is 4.98 Å². The van der Waals surface area contributed by atoms with Gasteiger partial charge in [0.25, 0.3) is 0 Å². The fraction of sp³-hybridized carbons (Fsp3) is 0.240. The quantitative estimate of drug-likeness (QED) is 0.558. The number of nitrogens with zero attached hydrogens (tertiary/aromatic N) is 2. The number of rotatable bonds is 4. The molecular formula is C25H20N2O6. The number of hydrogen-bond acceptors (Lipinski definition) is 7. The summed E-state index contributed by atoms with van der Waals surface area (Å²) in [5.41, 5.74) is -2.71. The molecular weight excluding hydrogens is 424 g/mol. The summed E-state index contributed by atoms with van der Waals surface area (Å²) in [7, 11) is 1.52. The number of pyridine rings is 1. The van der Waals surface area contributed by atoms with Crippen molar-refractivity contribution in [2.75, 3.05) is 7.11 Å². The predicted molar refractivity (Wildman–Crippen MR) is 114 cm³/mol. The number of carbonyl (C=O) groups is 1. The summed E-state index contributed by atoms with van der Waals surface area (Å²) < 4.78 is 11.7. The van der Waals surface area contributed by atoms with Crippen LogP contribution in [0.25, 0.3) is 0 Å². The Balaban J connectivity index is 1.85. The van der Waals surface area contributed by atoms with Crippen LogP contribution < -0.4 is 9.47 Å². The van der Waals surface area contributed by atoms with Crippen LogP contribution in [-0.4, -0.2) is 39.5 Å². The normalized spacial score (nSPS) is 29.5. The summed E-state index contributed by atoms with van der Waals surface area (Å²) in [5.74, 6) is -2.97. The zero-order valence-corrected chi connectivity index (χ0v) is 17.5. The number of aromatic nitrogens is 1. The van der Waals surface area contributed by atoms with Crippen molar-refractivity contribution in [2.45, 2.75) is 23.2 Å². The van der Waals surface area contributed by atoms with Crippen LogP contribution in [0.5, 0.6) is 11.5 Å². The van der Waals surface area contributed by atoms with E-state index < -0.39 is 35.1 Å². The Bertz CT molecular complexity index is 1270. The smallest absolute Gasteiger partial charge is 0.310 e. The maximum Gasteiger partial charge on any atom is 0.310 e. The minimum atomic E-state index is -2.20. The third-order valence-corrected chi connectivity index (χ3v) is 6.71.